The van der Waals surface area contributed by atoms with Crippen molar-refractivity contribution in [2.24, 2.45) is 5.92 Å². The number of benzene rings is 2. The Morgan fingerprint density at radius 2 is 1.39 bits per heavy atom. The van der Waals surface area contributed by atoms with Crippen LogP contribution in [0.5, 0.6) is 0 Å². The summed E-state index contributed by atoms with van der Waals surface area (Å²) in [5.74, 6) is 0.567. The average molecular weight is 443 g/mol. The van der Waals surface area contributed by atoms with Crippen LogP contribution in [-0.2, 0) is 13.9 Å². The van der Waals surface area contributed by atoms with Crippen LogP contribution in [0.3, 0.4) is 0 Å². The van der Waals surface area contributed by atoms with Gasteiger partial charge in [-0.3, -0.25) is 0 Å². The van der Waals surface area contributed by atoms with Crippen molar-refractivity contribution in [2.45, 2.75) is 64.8 Å². The Kier molecular flexibility index (Phi) is 11.0. The van der Waals surface area contributed by atoms with Gasteiger partial charge in [0.25, 0.3) is 8.32 Å². The van der Waals surface area contributed by atoms with Gasteiger partial charge in [0.15, 0.2) is 0 Å². The first-order valence-corrected chi connectivity index (χ1v) is 13.7. The van der Waals surface area contributed by atoms with Crippen LogP contribution in [0.4, 0.5) is 0 Å². The number of unbranched alkanes of at least 4 members (excludes halogenated alkanes) is 1. The zero-order valence-corrected chi connectivity index (χ0v) is 21.2. The van der Waals surface area contributed by atoms with Crippen LogP contribution in [0, 0.1) is 5.92 Å². The van der Waals surface area contributed by atoms with Crippen molar-refractivity contribution < 1.29 is 13.9 Å². The van der Waals surface area contributed by atoms with Gasteiger partial charge >= 0.3 is 0 Å². The molecule has 0 unspecified atom stereocenters. The molecule has 4 heteroatoms. The number of ether oxygens (including phenoxy) is 2. The molecule has 0 aliphatic heterocycles. The van der Waals surface area contributed by atoms with Gasteiger partial charge in [0.05, 0.1) is 6.61 Å². The third kappa shape index (κ3) is 7.28. The Bertz CT molecular complexity index is 673. The molecule has 0 radical (unpaired) electrons. The van der Waals surface area contributed by atoms with Crippen molar-refractivity contribution in [3.8, 4) is 0 Å². The molecule has 2 rings (SSSR count). The second-order valence-corrected chi connectivity index (χ2v) is 13.7. The maximum atomic E-state index is 7.02. The van der Waals surface area contributed by atoms with Crippen molar-refractivity contribution >= 4 is 18.7 Å². The van der Waals surface area contributed by atoms with E-state index in [9.17, 15) is 0 Å². The predicted molar refractivity (Wildman–Crippen MR) is 134 cm³/mol. The van der Waals surface area contributed by atoms with Crippen LogP contribution in [0.15, 0.2) is 60.7 Å². The second kappa shape index (κ2) is 13.2. The van der Waals surface area contributed by atoms with Crippen LogP contribution < -0.4 is 10.4 Å². The van der Waals surface area contributed by atoms with E-state index < -0.39 is 8.32 Å². The van der Waals surface area contributed by atoms with E-state index in [1.165, 1.54) is 29.6 Å². The molecule has 0 heterocycles. The lowest BCUT2D eigenvalue weighted by atomic mass is 9.98. The van der Waals surface area contributed by atoms with Crippen molar-refractivity contribution in [3.05, 3.63) is 60.7 Å². The number of hydrogen-bond acceptors (Lipinski definition) is 3. The number of hydrogen-bond donors (Lipinski definition) is 0. The molecule has 1 atom stereocenters. The Labute approximate surface area is 191 Å². The van der Waals surface area contributed by atoms with Gasteiger partial charge in [0.1, 0.15) is 6.79 Å². The first kappa shape index (κ1) is 25.8. The molecule has 0 N–H and O–H groups in total. The summed E-state index contributed by atoms with van der Waals surface area (Å²) < 4.78 is 17.8. The molecule has 2 aromatic carbocycles. The fourth-order valence-electron chi connectivity index (χ4n) is 4.46. The van der Waals surface area contributed by atoms with Crippen LogP contribution in [-0.4, -0.2) is 35.4 Å². The lowest BCUT2D eigenvalue weighted by molar-refractivity contribution is -0.0457. The fraction of sp³-hybridized carbons (Fsp3) is 0.556. The van der Waals surface area contributed by atoms with E-state index in [0.717, 1.165) is 26.1 Å². The van der Waals surface area contributed by atoms with Crippen LogP contribution in [0.1, 0.15) is 59.8 Å². The molecule has 0 aliphatic carbocycles. The van der Waals surface area contributed by atoms with Gasteiger partial charge in [-0.25, -0.2) is 0 Å². The molecule has 31 heavy (non-hydrogen) atoms. The van der Waals surface area contributed by atoms with Crippen molar-refractivity contribution in [1.82, 2.24) is 0 Å². The maximum absolute atomic E-state index is 7.02. The summed E-state index contributed by atoms with van der Waals surface area (Å²) in [4.78, 5) is 0. The largest absolute Gasteiger partial charge is 0.407 e. The molecule has 172 valence electrons. The highest BCUT2D eigenvalue weighted by Gasteiger charge is 2.49. The Morgan fingerprint density at radius 3 is 1.87 bits per heavy atom. The summed E-state index contributed by atoms with van der Waals surface area (Å²) in [6.07, 6.45) is 5.85. The smallest absolute Gasteiger partial charge is 0.261 e. The van der Waals surface area contributed by atoms with Gasteiger partial charge in [0.2, 0.25) is 0 Å². The molecule has 0 aromatic heterocycles. The van der Waals surface area contributed by atoms with E-state index in [1.54, 1.807) is 7.11 Å². The molecular weight excluding hydrogens is 400 g/mol. The molecular formula is C27H42O3Si. The van der Waals surface area contributed by atoms with E-state index >= 15 is 0 Å². The monoisotopic (exact) mass is 442 g/mol. The molecule has 0 spiro atoms. The van der Waals surface area contributed by atoms with Gasteiger partial charge in [-0.2, -0.15) is 0 Å². The summed E-state index contributed by atoms with van der Waals surface area (Å²) in [6, 6.07) is 21.8. The predicted octanol–water partition coefficient (Wildman–Crippen LogP) is 5.77. The Morgan fingerprint density at radius 1 is 0.839 bits per heavy atom. The minimum atomic E-state index is -2.43. The highest BCUT2D eigenvalue weighted by Crippen LogP contribution is 2.37. The summed E-state index contributed by atoms with van der Waals surface area (Å²) in [6.45, 7) is 11.2. The number of rotatable bonds is 14. The minimum Gasteiger partial charge on any atom is -0.407 e. The van der Waals surface area contributed by atoms with Crippen molar-refractivity contribution in [2.75, 3.05) is 27.1 Å². The highest BCUT2D eigenvalue weighted by atomic mass is 28.4. The maximum Gasteiger partial charge on any atom is 0.261 e. The molecule has 3 nitrogen and oxygen atoms in total. The number of methoxy groups -OCH3 is 1. The molecule has 0 fully saturated rings. The van der Waals surface area contributed by atoms with Crippen LogP contribution in [0.25, 0.3) is 0 Å². The quantitative estimate of drug-likeness (QED) is 0.211. The van der Waals surface area contributed by atoms with E-state index in [1.807, 2.05) is 0 Å². The summed E-state index contributed by atoms with van der Waals surface area (Å²) >= 11 is 0. The lowest BCUT2D eigenvalue weighted by Crippen LogP contribution is -2.66. The standard InChI is InChI=1S/C27H42O3Si/c1-6-7-15-24(22-29-23-28-5)16-14-21-30-31(27(2,3)4,25-17-10-8-11-18-25)26-19-12-9-13-20-26/h8-13,17-20,24H,6-7,14-16,21-23H2,1-5H3/t24-/m1/s1. The van der Waals surface area contributed by atoms with E-state index in [2.05, 4.69) is 88.4 Å². The van der Waals surface area contributed by atoms with E-state index in [0.29, 0.717) is 12.7 Å². The first-order valence-electron chi connectivity index (χ1n) is 11.8. The van der Waals surface area contributed by atoms with Crippen molar-refractivity contribution in [3.63, 3.8) is 0 Å². The third-order valence-corrected chi connectivity index (χ3v) is 11.1. The topological polar surface area (TPSA) is 27.7 Å². The van der Waals surface area contributed by atoms with Crippen LogP contribution >= 0.6 is 0 Å². The highest BCUT2D eigenvalue weighted by molar-refractivity contribution is 6.99. The average Bonchev–Trinajstić information content (AvgIpc) is 2.77. The molecule has 2 aromatic rings. The summed E-state index contributed by atoms with van der Waals surface area (Å²) in [5, 5.41) is 2.72. The molecule has 0 saturated heterocycles. The third-order valence-electron chi connectivity index (χ3n) is 6.01. The summed E-state index contributed by atoms with van der Waals surface area (Å²) in [7, 11) is -0.750. The Hall–Kier alpha value is -1.46. The fourth-order valence-corrected chi connectivity index (χ4v) is 9.07. The molecule has 0 amide bonds. The van der Waals surface area contributed by atoms with Gasteiger partial charge in [0, 0.05) is 13.7 Å². The van der Waals surface area contributed by atoms with E-state index in [4.69, 9.17) is 13.9 Å². The normalized spacial score (nSPS) is 13.3. The Balaban J connectivity index is 2.17. The van der Waals surface area contributed by atoms with Gasteiger partial charge in [-0.15, -0.1) is 0 Å². The molecule has 0 bridgehead atoms. The zero-order chi connectivity index (χ0) is 22.6. The SMILES string of the molecule is CCCC[C@H](CCCO[Si](c1ccccc1)(c1ccccc1)C(C)(C)C)COCOC. The van der Waals surface area contributed by atoms with Crippen LogP contribution in [0.2, 0.25) is 5.04 Å². The lowest BCUT2D eigenvalue weighted by Gasteiger charge is -2.43. The molecule has 0 aliphatic rings. The minimum absolute atomic E-state index is 0.0267. The van der Waals surface area contributed by atoms with E-state index in [-0.39, 0.29) is 5.04 Å². The summed E-state index contributed by atoms with van der Waals surface area (Å²) in [5.41, 5.74) is 0. The van der Waals surface area contributed by atoms with Gasteiger partial charge < -0.3 is 13.9 Å². The van der Waals surface area contributed by atoms with Crippen molar-refractivity contribution in [1.29, 1.82) is 0 Å². The second-order valence-electron chi connectivity index (χ2n) is 9.44. The van der Waals surface area contributed by atoms with Gasteiger partial charge in [-0.05, 0) is 40.6 Å². The molecule has 0 saturated carbocycles. The first-order chi connectivity index (χ1) is 15.0. The zero-order valence-electron chi connectivity index (χ0n) is 20.2. The van der Waals surface area contributed by atoms with Gasteiger partial charge in [-0.1, -0.05) is 101 Å².